The second-order valence-corrected chi connectivity index (χ2v) is 9.75. The van der Waals surface area contributed by atoms with Gasteiger partial charge in [0.25, 0.3) is 0 Å². The molecule has 2 aromatic carbocycles. The summed E-state index contributed by atoms with van der Waals surface area (Å²) in [5.41, 5.74) is -0.884. The highest BCUT2D eigenvalue weighted by Gasteiger charge is 2.68. The second-order valence-electron chi connectivity index (χ2n) is 9.75. The van der Waals surface area contributed by atoms with E-state index in [1.165, 1.54) is 17.0 Å². The van der Waals surface area contributed by atoms with Gasteiger partial charge in [0.1, 0.15) is 11.3 Å². The molecule has 2 aliphatic rings. The van der Waals surface area contributed by atoms with Gasteiger partial charge in [-0.3, -0.25) is 24.6 Å². The minimum absolute atomic E-state index is 0.00351. The molecule has 3 N–H and O–H groups in total. The van der Waals surface area contributed by atoms with Gasteiger partial charge in [-0.2, -0.15) is 0 Å². The molecule has 2 aliphatic heterocycles. The quantitative estimate of drug-likeness (QED) is 0.608. The molecule has 172 valence electrons. The first-order valence-corrected chi connectivity index (χ1v) is 10.9. The summed E-state index contributed by atoms with van der Waals surface area (Å²) in [5.74, 6) is -3.83. The lowest BCUT2D eigenvalue weighted by Gasteiger charge is -2.35. The van der Waals surface area contributed by atoms with E-state index < -0.39 is 40.8 Å². The number of benzene rings is 2. The largest absolute Gasteiger partial charge is 0.508 e. The van der Waals surface area contributed by atoms with Gasteiger partial charge in [0.05, 0.1) is 11.8 Å². The Morgan fingerprint density at radius 2 is 1.70 bits per heavy atom. The Morgan fingerprint density at radius 3 is 2.27 bits per heavy atom. The Labute approximate surface area is 192 Å². The average Bonchev–Trinajstić information content (AvgIpc) is 3.23. The molecule has 0 aromatic heterocycles. The van der Waals surface area contributed by atoms with Gasteiger partial charge >= 0.3 is 5.97 Å². The van der Waals surface area contributed by atoms with Crippen molar-refractivity contribution >= 4 is 23.9 Å². The number of carboxylic acids is 1. The molecule has 4 atom stereocenters. The van der Waals surface area contributed by atoms with Gasteiger partial charge in [0.2, 0.25) is 11.8 Å². The fourth-order valence-corrected chi connectivity index (χ4v) is 5.02. The minimum Gasteiger partial charge on any atom is -0.508 e. The predicted octanol–water partition coefficient (Wildman–Crippen LogP) is 2.84. The van der Waals surface area contributed by atoms with Gasteiger partial charge in [-0.1, -0.05) is 54.6 Å². The molecule has 0 bridgehead atoms. The van der Waals surface area contributed by atoms with Crippen molar-refractivity contribution in [2.45, 2.75) is 44.3 Å². The number of phenols is 1. The van der Waals surface area contributed by atoms with Crippen LogP contribution in [-0.2, 0) is 20.8 Å². The monoisotopic (exact) mass is 448 g/mol. The van der Waals surface area contributed by atoms with Gasteiger partial charge in [0, 0.05) is 18.0 Å². The first-order chi connectivity index (χ1) is 15.5. The van der Waals surface area contributed by atoms with Crippen LogP contribution in [0.1, 0.15) is 31.9 Å². The number of likely N-dealkylation sites (tertiary alicyclic amines) is 1. The molecule has 2 aromatic rings. The van der Waals surface area contributed by atoms with Gasteiger partial charge in [-0.15, -0.1) is 0 Å². The predicted molar refractivity (Wildman–Crippen MR) is 123 cm³/mol. The number of aromatic hydroxyl groups is 1. The number of imide groups is 1. The van der Waals surface area contributed by atoms with Crippen LogP contribution in [0.25, 0.3) is 6.08 Å². The Balaban J connectivity index is 1.80. The molecule has 2 heterocycles. The molecule has 0 saturated carbocycles. The summed E-state index contributed by atoms with van der Waals surface area (Å²) in [6.45, 7) is 5.32. The summed E-state index contributed by atoms with van der Waals surface area (Å²) in [6.07, 6.45) is 3.62. The summed E-state index contributed by atoms with van der Waals surface area (Å²) in [4.78, 5) is 41.0. The zero-order chi connectivity index (χ0) is 24.0. The molecule has 2 amide bonds. The van der Waals surface area contributed by atoms with Crippen LogP contribution in [0.4, 0.5) is 0 Å². The van der Waals surface area contributed by atoms with E-state index >= 15 is 0 Å². The van der Waals surface area contributed by atoms with Crippen LogP contribution in [0, 0.1) is 11.8 Å². The van der Waals surface area contributed by atoms with E-state index in [-0.39, 0.29) is 18.1 Å². The summed E-state index contributed by atoms with van der Waals surface area (Å²) >= 11 is 0. The van der Waals surface area contributed by atoms with E-state index in [0.717, 1.165) is 5.56 Å². The van der Waals surface area contributed by atoms with Crippen LogP contribution in [0.3, 0.4) is 0 Å². The van der Waals surface area contributed by atoms with Crippen molar-refractivity contribution in [1.29, 1.82) is 0 Å². The van der Waals surface area contributed by atoms with Crippen molar-refractivity contribution in [3.8, 4) is 5.75 Å². The highest BCUT2D eigenvalue weighted by atomic mass is 16.4. The van der Waals surface area contributed by atoms with Gasteiger partial charge in [-0.05, 0) is 44.0 Å². The highest BCUT2D eigenvalue weighted by Crippen LogP contribution is 2.47. The summed E-state index contributed by atoms with van der Waals surface area (Å²) in [6, 6.07) is 15.1. The van der Waals surface area contributed by atoms with Crippen LogP contribution in [0.5, 0.6) is 5.75 Å². The third-order valence-corrected chi connectivity index (χ3v) is 6.46. The average molecular weight is 449 g/mol. The number of hydrogen-bond donors (Lipinski definition) is 3. The van der Waals surface area contributed by atoms with Gasteiger partial charge < -0.3 is 10.2 Å². The van der Waals surface area contributed by atoms with Crippen molar-refractivity contribution < 1.29 is 24.6 Å². The molecule has 33 heavy (non-hydrogen) atoms. The van der Waals surface area contributed by atoms with E-state index in [1.54, 1.807) is 39.0 Å². The Bertz CT molecular complexity index is 1100. The zero-order valence-electron chi connectivity index (χ0n) is 18.9. The Hall–Kier alpha value is -3.45. The summed E-state index contributed by atoms with van der Waals surface area (Å²) in [5, 5.41) is 23.2. The number of hydrogen-bond acceptors (Lipinski definition) is 5. The van der Waals surface area contributed by atoms with Crippen molar-refractivity contribution in [3.63, 3.8) is 0 Å². The third-order valence-electron chi connectivity index (χ3n) is 6.46. The van der Waals surface area contributed by atoms with Crippen LogP contribution in [0.15, 0.2) is 60.7 Å². The maximum Gasteiger partial charge on any atom is 0.325 e. The topological polar surface area (TPSA) is 107 Å². The zero-order valence-corrected chi connectivity index (χ0v) is 18.9. The number of carbonyl (C=O) groups is 3. The Kier molecular flexibility index (Phi) is 5.62. The standard InChI is InChI=1S/C26H28N2O5/c1-25(2,3)28-22(30)20-19(14-11-16-7-5-4-6-8-16)27-26(24(32)33,21(20)23(28)31)15-17-9-12-18(29)13-10-17/h4-14,19-21,27,29H,15H2,1-3H3,(H,32,33)/b14-11+. The molecular weight excluding hydrogens is 420 g/mol. The highest BCUT2D eigenvalue weighted by molar-refractivity contribution is 6.10. The fraction of sp³-hybridized carbons (Fsp3) is 0.346. The minimum atomic E-state index is -1.67. The summed E-state index contributed by atoms with van der Waals surface area (Å²) < 4.78 is 0. The van der Waals surface area contributed by atoms with E-state index in [2.05, 4.69) is 5.32 Å². The number of rotatable bonds is 5. The van der Waals surface area contributed by atoms with E-state index in [4.69, 9.17) is 0 Å². The van der Waals surface area contributed by atoms with Gasteiger partial charge in [0.15, 0.2) is 0 Å². The van der Waals surface area contributed by atoms with Crippen molar-refractivity contribution in [2.24, 2.45) is 11.8 Å². The smallest absolute Gasteiger partial charge is 0.325 e. The normalized spacial score (nSPS) is 27.4. The van der Waals surface area contributed by atoms with E-state index in [0.29, 0.717) is 5.56 Å². The number of carbonyl (C=O) groups excluding carboxylic acids is 2. The maximum atomic E-state index is 13.6. The van der Waals surface area contributed by atoms with Crippen molar-refractivity contribution in [1.82, 2.24) is 10.2 Å². The number of nitrogens with zero attached hydrogens (tertiary/aromatic N) is 1. The number of amides is 2. The first kappa shape index (κ1) is 22.7. The number of nitrogens with one attached hydrogen (secondary N) is 1. The van der Waals surface area contributed by atoms with Crippen LogP contribution in [0.2, 0.25) is 0 Å². The molecule has 4 rings (SSSR count). The van der Waals surface area contributed by atoms with Crippen LogP contribution >= 0.6 is 0 Å². The van der Waals surface area contributed by atoms with Crippen molar-refractivity contribution in [2.75, 3.05) is 0 Å². The SMILES string of the molecule is CC(C)(C)N1C(=O)C2C(/C=C/c3ccccc3)NC(Cc3ccc(O)cc3)(C(=O)O)C2C1=O. The number of phenolic OH excluding ortho intramolecular Hbond substituents is 1. The lowest BCUT2D eigenvalue weighted by molar-refractivity contribution is -0.153. The van der Waals surface area contributed by atoms with Crippen LogP contribution in [-0.4, -0.2) is 50.0 Å². The third kappa shape index (κ3) is 3.93. The number of aliphatic carboxylic acids is 1. The van der Waals surface area contributed by atoms with E-state index in [9.17, 15) is 24.6 Å². The molecular formula is C26H28N2O5. The lowest BCUT2D eigenvalue weighted by atomic mass is 9.76. The van der Waals surface area contributed by atoms with Crippen molar-refractivity contribution in [3.05, 3.63) is 71.8 Å². The van der Waals surface area contributed by atoms with Crippen LogP contribution < -0.4 is 5.32 Å². The molecule has 0 spiro atoms. The van der Waals surface area contributed by atoms with Gasteiger partial charge in [-0.25, -0.2) is 0 Å². The first-order valence-electron chi connectivity index (χ1n) is 10.9. The molecule has 7 heteroatoms. The van der Waals surface area contributed by atoms with E-state index in [1.807, 2.05) is 36.4 Å². The molecule has 2 saturated heterocycles. The molecule has 2 fully saturated rings. The lowest BCUT2D eigenvalue weighted by Crippen LogP contribution is -2.59. The molecule has 0 radical (unpaired) electrons. The Morgan fingerprint density at radius 1 is 1.06 bits per heavy atom. The second kappa shape index (κ2) is 8.15. The molecule has 4 unspecified atom stereocenters. The molecule has 0 aliphatic carbocycles. The summed E-state index contributed by atoms with van der Waals surface area (Å²) in [7, 11) is 0. The molecule has 7 nitrogen and oxygen atoms in total. The number of carboxylic acid groups (broad SMARTS) is 1. The fourth-order valence-electron chi connectivity index (χ4n) is 5.02. The number of fused-ring (bicyclic) bond motifs is 1. The maximum absolute atomic E-state index is 13.6.